The van der Waals surface area contributed by atoms with Crippen molar-refractivity contribution in [3.05, 3.63) is 70.5 Å². The second kappa shape index (κ2) is 9.82. The summed E-state index contributed by atoms with van der Waals surface area (Å²) < 4.78 is 0. The molecule has 0 bridgehead atoms. The number of benzene rings is 2. The Hall–Kier alpha value is -3.39. The molecule has 2 aromatic heterocycles. The number of pyridine rings is 2. The minimum absolute atomic E-state index is 0.0439. The number of phenolic OH excluding ortho intramolecular Hbond substituents is 1. The van der Waals surface area contributed by atoms with E-state index in [1.807, 2.05) is 30.3 Å². The summed E-state index contributed by atoms with van der Waals surface area (Å²) in [6.45, 7) is 1.94. The van der Waals surface area contributed by atoms with Crippen molar-refractivity contribution in [1.82, 2.24) is 15.3 Å². The van der Waals surface area contributed by atoms with E-state index in [1.165, 1.54) is 0 Å². The van der Waals surface area contributed by atoms with Gasteiger partial charge in [-0.3, -0.25) is 9.78 Å². The lowest BCUT2D eigenvalue weighted by Gasteiger charge is -2.16. The van der Waals surface area contributed by atoms with Gasteiger partial charge in [-0.15, -0.1) is 0 Å². The van der Waals surface area contributed by atoms with Gasteiger partial charge in [-0.1, -0.05) is 29.3 Å². The van der Waals surface area contributed by atoms with Gasteiger partial charge in [0.25, 0.3) is 0 Å². The van der Waals surface area contributed by atoms with E-state index in [-0.39, 0.29) is 27.5 Å². The van der Waals surface area contributed by atoms with Crippen LogP contribution >= 0.6 is 23.2 Å². The highest BCUT2D eigenvalue weighted by Crippen LogP contribution is 2.40. The number of halogens is 2. The number of carbonyl (C=O) groups is 1. The van der Waals surface area contributed by atoms with Crippen LogP contribution in [0, 0.1) is 5.92 Å². The van der Waals surface area contributed by atoms with Crippen LogP contribution in [-0.4, -0.2) is 40.0 Å². The zero-order valence-electron chi connectivity index (χ0n) is 19.9. The molecule has 1 saturated carbocycles. The average Bonchev–Trinajstić information content (AvgIpc) is 3.64. The maximum Gasteiger partial charge on any atom is 0.169 e. The monoisotopic (exact) mass is 533 g/mol. The number of fused-ring (bicyclic) bond motifs is 1. The summed E-state index contributed by atoms with van der Waals surface area (Å²) in [4.78, 5) is 22.4. The molecule has 7 nitrogen and oxygen atoms in total. The van der Waals surface area contributed by atoms with Gasteiger partial charge in [0, 0.05) is 30.1 Å². The number of carbonyl (C=O) groups excluding carboxylic acids is 1. The van der Waals surface area contributed by atoms with Crippen molar-refractivity contribution in [2.45, 2.75) is 25.3 Å². The fourth-order valence-corrected chi connectivity index (χ4v) is 5.16. The number of aromatic nitrogens is 2. The highest BCUT2D eigenvalue weighted by molar-refractivity contribution is 6.37. The first-order valence-electron chi connectivity index (χ1n) is 12.3. The van der Waals surface area contributed by atoms with Crippen LogP contribution in [0.3, 0.4) is 0 Å². The molecule has 1 atom stereocenters. The predicted octanol–water partition coefficient (Wildman–Crippen LogP) is 6.42. The number of phenols is 1. The standard InChI is InChI=1S/C28H25Cl2N5O2/c29-22-10-17(11-23(30)28(22)37)16-3-5-24-20(9-16)26(21(14-32-24)27(36)15-1-2-15)35-18-4-6-25(33-13-18)34-19-7-8-31-12-19/h3-6,9-11,13-15,19,31,37H,1-2,7-8,12H2,(H,32,35)(H,33,34). The molecule has 0 amide bonds. The molecule has 6 rings (SSSR count). The third-order valence-electron chi connectivity index (χ3n) is 6.88. The summed E-state index contributed by atoms with van der Waals surface area (Å²) in [7, 11) is 0. The van der Waals surface area contributed by atoms with Crippen molar-refractivity contribution in [2.75, 3.05) is 23.7 Å². The summed E-state index contributed by atoms with van der Waals surface area (Å²) in [5.74, 6) is 0.806. The van der Waals surface area contributed by atoms with Gasteiger partial charge >= 0.3 is 0 Å². The van der Waals surface area contributed by atoms with E-state index in [2.05, 4.69) is 25.9 Å². The van der Waals surface area contributed by atoms with Gasteiger partial charge < -0.3 is 21.1 Å². The maximum atomic E-state index is 13.2. The van der Waals surface area contributed by atoms with Crippen LogP contribution in [0.1, 0.15) is 29.6 Å². The number of ketones is 1. The van der Waals surface area contributed by atoms with E-state index in [9.17, 15) is 9.90 Å². The number of nitrogens with one attached hydrogen (secondary N) is 3. The van der Waals surface area contributed by atoms with Crippen molar-refractivity contribution in [3.63, 3.8) is 0 Å². The highest BCUT2D eigenvalue weighted by atomic mass is 35.5. The Morgan fingerprint density at radius 3 is 2.46 bits per heavy atom. The second-order valence-electron chi connectivity index (χ2n) is 9.60. The quantitative estimate of drug-likeness (QED) is 0.203. The number of anilines is 3. The zero-order valence-corrected chi connectivity index (χ0v) is 21.4. The Morgan fingerprint density at radius 2 is 1.78 bits per heavy atom. The fraction of sp³-hybridized carbons (Fsp3) is 0.250. The van der Waals surface area contributed by atoms with Crippen molar-refractivity contribution in [1.29, 1.82) is 0 Å². The van der Waals surface area contributed by atoms with Crippen LogP contribution in [0.5, 0.6) is 5.75 Å². The fourth-order valence-electron chi connectivity index (χ4n) is 4.68. The first-order valence-corrected chi connectivity index (χ1v) is 13.1. The van der Waals surface area contributed by atoms with E-state index >= 15 is 0 Å². The number of aromatic hydroxyl groups is 1. The zero-order chi connectivity index (χ0) is 25.5. The molecule has 1 unspecified atom stereocenters. The van der Waals surface area contributed by atoms with Gasteiger partial charge in [-0.05, 0) is 73.3 Å². The topological polar surface area (TPSA) is 99.2 Å². The minimum atomic E-state index is -0.149. The Bertz CT molecular complexity index is 1480. The molecule has 4 aromatic rings. The molecule has 3 heterocycles. The first kappa shape index (κ1) is 24.0. The van der Waals surface area contributed by atoms with E-state index in [0.717, 1.165) is 65.9 Å². The van der Waals surface area contributed by atoms with Crippen LogP contribution < -0.4 is 16.0 Å². The molecular weight excluding hydrogens is 509 g/mol. The number of hydrogen-bond acceptors (Lipinski definition) is 7. The molecule has 2 fully saturated rings. The summed E-state index contributed by atoms with van der Waals surface area (Å²) in [5, 5.41) is 21.4. The molecule has 4 N–H and O–H groups in total. The molecule has 188 valence electrons. The molecule has 0 radical (unpaired) electrons. The van der Waals surface area contributed by atoms with E-state index < -0.39 is 0 Å². The molecule has 1 aliphatic carbocycles. The van der Waals surface area contributed by atoms with Crippen molar-refractivity contribution >= 4 is 57.1 Å². The molecule has 2 aromatic carbocycles. The third kappa shape index (κ3) is 4.94. The second-order valence-corrected chi connectivity index (χ2v) is 10.4. The number of hydrogen-bond donors (Lipinski definition) is 4. The van der Waals surface area contributed by atoms with Gasteiger partial charge in [0.05, 0.1) is 38.7 Å². The molecule has 37 heavy (non-hydrogen) atoms. The maximum absolute atomic E-state index is 13.2. The van der Waals surface area contributed by atoms with Crippen molar-refractivity contribution in [3.8, 4) is 16.9 Å². The highest BCUT2D eigenvalue weighted by Gasteiger charge is 2.32. The summed E-state index contributed by atoms with van der Waals surface area (Å²) in [6.07, 6.45) is 6.30. The summed E-state index contributed by atoms with van der Waals surface area (Å²) >= 11 is 12.4. The van der Waals surface area contributed by atoms with E-state index in [1.54, 1.807) is 24.5 Å². The SMILES string of the molecule is O=C(c1cnc2ccc(-c3cc(Cl)c(O)c(Cl)c3)cc2c1Nc1ccc(NC2CCNC2)nc1)C1CC1. The van der Waals surface area contributed by atoms with Crippen molar-refractivity contribution in [2.24, 2.45) is 5.92 Å². The van der Waals surface area contributed by atoms with Crippen LogP contribution in [-0.2, 0) is 0 Å². The van der Waals surface area contributed by atoms with Crippen molar-refractivity contribution < 1.29 is 9.90 Å². The third-order valence-corrected chi connectivity index (χ3v) is 7.45. The lowest BCUT2D eigenvalue weighted by atomic mass is 9.99. The Kier molecular flexibility index (Phi) is 6.36. The summed E-state index contributed by atoms with van der Waals surface area (Å²) in [6, 6.07) is 13.4. The van der Waals surface area contributed by atoms with E-state index in [4.69, 9.17) is 23.2 Å². The van der Waals surface area contributed by atoms with Crippen LogP contribution in [0.2, 0.25) is 10.0 Å². The largest absolute Gasteiger partial charge is 0.505 e. The lowest BCUT2D eigenvalue weighted by Crippen LogP contribution is -2.22. The molecule has 1 aliphatic heterocycles. The normalized spacial score (nSPS) is 17.2. The molecule has 9 heteroatoms. The van der Waals surface area contributed by atoms with Crippen LogP contribution in [0.25, 0.3) is 22.0 Å². The van der Waals surface area contributed by atoms with Gasteiger partial charge in [0.1, 0.15) is 5.82 Å². The van der Waals surface area contributed by atoms with Crippen LogP contribution in [0.4, 0.5) is 17.2 Å². The molecule has 1 saturated heterocycles. The van der Waals surface area contributed by atoms with E-state index in [0.29, 0.717) is 17.3 Å². The molecular formula is C28H25Cl2N5O2. The first-order chi connectivity index (χ1) is 18.0. The van der Waals surface area contributed by atoms with Crippen LogP contribution in [0.15, 0.2) is 54.9 Å². The summed E-state index contributed by atoms with van der Waals surface area (Å²) in [5.41, 5.74) is 4.36. The predicted molar refractivity (Wildman–Crippen MR) is 148 cm³/mol. The molecule has 0 spiro atoms. The average molecular weight is 534 g/mol. The van der Waals surface area contributed by atoms with Gasteiger partial charge in [-0.2, -0.15) is 0 Å². The Morgan fingerprint density at radius 1 is 0.973 bits per heavy atom. The number of nitrogens with zero attached hydrogens (tertiary/aromatic N) is 2. The number of rotatable bonds is 7. The lowest BCUT2D eigenvalue weighted by molar-refractivity contribution is 0.0968. The molecule has 2 aliphatic rings. The number of Topliss-reactive ketones (excluding diaryl/α,β-unsaturated/α-hetero) is 1. The van der Waals surface area contributed by atoms with Gasteiger partial charge in [0.15, 0.2) is 11.5 Å². The Balaban J connectivity index is 1.40. The smallest absolute Gasteiger partial charge is 0.169 e. The minimum Gasteiger partial charge on any atom is -0.505 e. The van der Waals surface area contributed by atoms with Gasteiger partial charge in [0.2, 0.25) is 0 Å². The Labute approximate surface area is 224 Å². The van der Waals surface area contributed by atoms with Gasteiger partial charge in [-0.25, -0.2) is 4.98 Å².